The van der Waals surface area contributed by atoms with E-state index in [0.717, 1.165) is 11.1 Å². The van der Waals surface area contributed by atoms with Crippen LogP contribution < -0.4 is 10.1 Å². The van der Waals surface area contributed by atoms with Crippen LogP contribution >= 0.6 is 0 Å². The lowest BCUT2D eigenvalue weighted by molar-refractivity contribution is -0.159. The third-order valence-electron chi connectivity index (χ3n) is 3.80. The van der Waals surface area contributed by atoms with Crippen LogP contribution in [0.5, 0.6) is 5.75 Å². The summed E-state index contributed by atoms with van der Waals surface area (Å²) in [6, 6.07) is 5.41. The van der Waals surface area contributed by atoms with Gasteiger partial charge in [-0.3, -0.25) is 9.59 Å². The van der Waals surface area contributed by atoms with Gasteiger partial charge >= 0.3 is 11.9 Å². The van der Waals surface area contributed by atoms with E-state index >= 15 is 0 Å². The number of aryl methyl sites for hydroxylation is 1. The van der Waals surface area contributed by atoms with E-state index in [2.05, 4.69) is 5.32 Å². The SMILES string of the molecule is CCOC(=O)CC(Cc1ccc(OC)c(C)c1)(NC(C)=O)C(=O)OCC. The molecule has 1 N–H and O–H groups in total. The van der Waals surface area contributed by atoms with Crippen LogP contribution in [0.2, 0.25) is 0 Å². The number of carbonyl (C=O) groups is 3. The predicted octanol–water partition coefficient (Wildman–Crippen LogP) is 1.94. The largest absolute Gasteiger partial charge is 0.496 e. The van der Waals surface area contributed by atoms with Crippen LogP contribution in [-0.2, 0) is 30.3 Å². The molecule has 1 unspecified atom stereocenters. The van der Waals surface area contributed by atoms with Crippen molar-refractivity contribution in [1.29, 1.82) is 0 Å². The van der Waals surface area contributed by atoms with Gasteiger partial charge in [-0.05, 0) is 38.0 Å². The molecule has 0 aromatic heterocycles. The molecule has 0 fully saturated rings. The summed E-state index contributed by atoms with van der Waals surface area (Å²) in [7, 11) is 1.57. The second kappa shape index (κ2) is 9.79. The number of benzene rings is 1. The molecular weight excluding hydrogens is 338 g/mol. The van der Waals surface area contributed by atoms with Crippen LogP contribution in [0.15, 0.2) is 18.2 Å². The van der Waals surface area contributed by atoms with Crippen molar-refractivity contribution >= 4 is 17.8 Å². The Morgan fingerprint density at radius 1 is 1.12 bits per heavy atom. The molecule has 0 aliphatic carbocycles. The molecule has 0 saturated heterocycles. The maximum Gasteiger partial charge on any atom is 0.332 e. The molecule has 26 heavy (non-hydrogen) atoms. The average molecular weight is 365 g/mol. The molecule has 0 aliphatic heterocycles. The number of hydrogen-bond donors (Lipinski definition) is 1. The first-order chi connectivity index (χ1) is 12.3. The Morgan fingerprint density at radius 2 is 1.77 bits per heavy atom. The van der Waals surface area contributed by atoms with Crippen molar-refractivity contribution in [1.82, 2.24) is 5.32 Å². The predicted molar refractivity (Wildman–Crippen MR) is 95.9 cm³/mol. The lowest BCUT2D eigenvalue weighted by Crippen LogP contribution is -2.57. The second-order valence-corrected chi connectivity index (χ2v) is 5.95. The zero-order valence-electron chi connectivity index (χ0n) is 16.0. The van der Waals surface area contributed by atoms with Crippen LogP contribution in [0, 0.1) is 6.92 Å². The molecule has 0 saturated carbocycles. The number of amides is 1. The number of ether oxygens (including phenoxy) is 3. The van der Waals surface area contributed by atoms with E-state index in [1.54, 1.807) is 33.1 Å². The first kappa shape index (κ1) is 21.5. The summed E-state index contributed by atoms with van der Waals surface area (Å²) in [4.78, 5) is 36.6. The number of methoxy groups -OCH3 is 1. The molecule has 0 aliphatic rings. The first-order valence-corrected chi connectivity index (χ1v) is 8.53. The van der Waals surface area contributed by atoms with Gasteiger partial charge in [0.1, 0.15) is 5.75 Å². The minimum atomic E-state index is -1.53. The highest BCUT2D eigenvalue weighted by molar-refractivity contribution is 5.91. The topological polar surface area (TPSA) is 90.9 Å². The third-order valence-corrected chi connectivity index (χ3v) is 3.80. The Hall–Kier alpha value is -2.57. The van der Waals surface area contributed by atoms with Crippen molar-refractivity contribution < 1.29 is 28.6 Å². The standard InChI is InChI=1S/C19H27NO6/c1-6-25-17(22)12-19(20-14(4)21,18(23)26-7-2)11-15-8-9-16(24-5)13(3)10-15/h8-10H,6-7,11-12H2,1-5H3,(H,20,21). The molecule has 144 valence electrons. The van der Waals surface area contributed by atoms with E-state index in [1.807, 2.05) is 13.0 Å². The highest BCUT2D eigenvalue weighted by atomic mass is 16.5. The Kier molecular flexibility index (Phi) is 8.09. The molecular formula is C19H27NO6. The number of carbonyl (C=O) groups excluding carboxylic acids is 3. The molecule has 7 nitrogen and oxygen atoms in total. The first-order valence-electron chi connectivity index (χ1n) is 8.53. The van der Waals surface area contributed by atoms with Crippen LogP contribution in [0.3, 0.4) is 0 Å². The summed E-state index contributed by atoms with van der Waals surface area (Å²) in [6.45, 7) is 6.81. The van der Waals surface area contributed by atoms with Crippen LogP contribution in [0.25, 0.3) is 0 Å². The van der Waals surface area contributed by atoms with Crippen molar-refractivity contribution in [2.24, 2.45) is 0 Å². The second-order valence-electron chi connectivity index (χ2n) is 5.95. The van der Waals surface area contributed by atoms with Crippen LogP contribution in [0.1, 0.15) is 38.3 Å². The summed E-state index contributed by atoms with van der Waals surface area (Å²) >= 11 is 0. The normalized spacial score (nSPS) is 12.7. The maximum atomic E-state index is 12.7. The number of rotatable bonds is 9. The third kappa shape index (κ3) is 5.75. The minimum absolute atomic E-state index is 0.0923. The lowest BCUT2D eigenvalue weighted by atomic mass is 9.86. The fourth-order valence-electron chi connectivity index (χ4n) is 2.81. The fourth-order valence-corrected chi connectivity index (χ4v) is 2.81. The molecule has 0 radical (unpaired) electrons. The van der Waals surface area contributed by atoms with Crippen molar-refractivity contribution in [2.75, 3.05) is 20.3 Å². The van der Waals surface area contributed by atoms with Gasteiger partial charge in [0.25, 0.3) is 0 Å². The Balaban J connectivity index is 3.29. The van der Waals surface area contributed by atoms with Gasteiger partial charge in [0.15, 0.2) is 5.54 Å². The smallest absolute Gasteiger partial charge is 0.332 e. The zero-order valence-corrected chi connectivity index (χ0v) is 16.0. The minimum Gasteiger partial charge on any atom is -0.496 e. The fraction of sp³-hybridized carbons (Fsp3) is 0.526. The Morgan fingerprint density at radius 3 is 2.27 bits per heavy atom. The van der Waals surface area contributed by atoms with Gasteiger partial charge in [-0.1, -0.05) is 12.1 Å². The van der Waals surface area contributed by atoms with Gasteiger partial charge in [0.05, 0.1) is 26.7 Å². The van der Waals surface area contributed by atoms with E-state index < -0.39 is 23.4 Å². The van der Waals surface area contributed by atoms with E-state index in [0.29, 0.717) is 5.75 Å². The lowest BCUT2D eigenvalue weighted by Gasteiger charge is -2.31. The van der Waals surface area contributed by atoms with Gasteiger partial charge < -0.3 is 19.5 Å². The number of hydrogen-bond acceptors (Lipinski definition) is 6. The van der Waals surface area contributed by atoms with E-state index in [4.69, 9.17) is 14.2 Å². The molecule has 1 rings (SSSR count). The van der Waals surface area contributed by atoms with Gasteiger partial charge in [0, 0.05) is 13.3 Å². The maximum absolute atomic E-state index is 12.7. The molecule has 1 atom stereocenters. The molecule has 0 spiro atoms. The number of nitrogens with one attached hydrogen (secondary N) is 1. The summed E-state index contributed by atoms with van der Waals surface area (Å²) < 4.78 is 15.4. The summed E-state index contributed by atoms with van der Waals surface area (Å²) in [5, 5.41) is 2.62. The van der Waals surface area contributed by atoms with Gasteiger partial charge in [0.2, 0.25) is 5.91 Å². The molecule has 1 aromatic carbocycles. The highest BCUT2D eigenvalue weighted by Gasteiger charge is 2.43. The Bertz CT molecular complexity index is 657. The van der Waals surface area contributed by atoms with Gasteiger partial charge in [-0.2, -0.15) is 0 Å². The van der Waals surface area contributed by atoms with E-state index in [-0.39, 0.29) is 26.1 Å². The van der Waals surface area contributed by atoms with E-state index in [9.17, 15) is 14.4 Å². The molecule has 7 heteroatoms. The monoisotopic (exact) mass is 365 g/mol. The molecule has 0 heterocycles. The molecule has 1 aromatic rings. The zero-order chi connectivity index (χ0) is 19.7. The quantitative estimate of drug-likeness (QED) is 0.673. The van der Waals surface area contributed by atoms with Crippen molar-refractivity contribution in [3.05, 3.63) is 29.3 Å². The van der Waals surface area contributed by atoms with Crippen molar-refractivity contribution in [2.45, 2.75) is 46.1 Å². The van der Waals surface area contributed by atoms with Crippen molar-refractivity contribution in [3.8, 4) is 5.75 Å². The van der Waals surface area contributed by atoms with E-state index in [1.165, 1.54) is 6.92 Å². The molecule has 1 amide bonds. The average Bonchev–Trinajstić information content (AvgIpc) is 2.54. The van der Waals surface area contributed by atoms with Gasteiger partial charge in [-0.25, -0.2) is 4.79 Å². The summed E-state index contributed by atoms with van der Waals surface area (Å²) in [5.74, 6) is -0.982. The Labute approximate surface area is 154 Å². The highest BCUT2D eigenvalue weighted by Crippen LogP contribution is 2.25. The summed E-state index contributed by atoms with van der Waals surface area (Å²) in [5.41, 5.74) is 0.103. The molecule has 0 bridgehead atoms. The van der Waals surface area contributed by atoms with Crippen LogP contribution in [-0.4, -0.2) is 43.7 Å². The van der Waals surface area contributed by atoms with Crippen LogP contribution in [0.4, 0.5) is 0 Å². The van der Waals surface area contributed by atoms with Gasteiger partial charge in [-0.15, -0.1) is 0 Å². The summed E-state index contributed by atoms with van der Waals surface area (Å²) in [6.07, 6.45) is -0.223. The van der Waals surface area contributed by atoms with Crippen molar-refractivity contribution in [3.63, 3.8) is 0 Å². The number of esters is 2.